The fraction of sp³-hybridized carbons (Fsp3) is 0.273. The molecule has 1 atom stereocenters. The Hall–Kier alpha value is -2.33. The molecular weight excluding hydrogens is 441 g/mol. The summed E-state index contributed by atoms with van der Waals surface area (Å²) in [5.41, 5.74) is 2.10. The second-order valence-electron chi connectivity index (χ2n) is 6.90. The van der Waals surface area contributed by atoms with Crippen LogP contribution in [0.3, 0.4) is 0 Å². The summed E-state index contributed by atoms with van der Waals surface area (Å²) >= 11 is 14.2. The first-order valence-electron chi connectivity index (χ1n) is 9.53. The molecule has 0 aliphatic carbocycles. The molecule has 2 aliphatic rings. The molecule has 0 spiro atoms. The summed E-state index contributed by atoms with van der Waals surface area (Å²) in [5.74, 6) is 0.872. The van der Waals surface area contributed by atoms with E-state index in [1.807, 2.05) is 31.2 Å². The highest BCUT2D eigenvalue weighted by Crippen LogP contribution is 2.47. The molecule has 1 fully saturated rings. The molecule has 2 aromatic rings. The van der Waals surface area contributed by atoms with E-state index >= 15 is 0 Å². The van der Waals surface area contributed by atoms with Crippen LogP contribution in [0, 0.1) is 11.3 Å². The zero-order valence-electron chi connectivity index (χ0n) is 16.3. The number of benzene rings is 2. The molecule has 0 radical (unpaired) electrons. The van der Waals surface area contributed by atoms with Crippen LogP contribution in [0.4, 0.5) is 5.69 Å². The topological polar surface area (TPSA) is 56.6 Å². The largest absolute Gasteiger partial charge is 0.492 e. The van der Waals surface area contributed by atoms with E-state index in [-0.39, 0.29) is 12.3 Å². The van der Waals surface area contributed by atoms with E-state index < -0.39 is 5.92 Å². The number of halogens is 2. The number of thioether (sulfide) groups is 1. The number of rotatable bonds is 4. The first-order valence-corrected chi connectivity index (χ1v) is 11.3. The van der Waals surface area contributed by atoms with E-state index in [2.05, 4.69) is 11.0 Å². The third-order valence-corrected chi connectivity index (χ3v) is 6.96. The molecule has 4 rings (SSSR count). The van der Waals surface area contributed by atoms with Crippen LogP contribution < -0.4 is 9.64 Å². The minimum Gasteiger partial charge on any atom is -0.492 e. The summed E-state index contributed by atoms with van der Waals surface area (Å²) in [5, 5.41) is 11.6. The predicted octanol–water partition coefficient (Wildman–Crippen LogP) is 5.61. The van der Waals surface area contributed by atoms with Crippen LogP contribution in [0.5, 0.6) is 5.75 Å². The Morgan fingerprint density at radius 2 is 1.93 bits per heavy atom. The number of hydrogen-bond acceptors (Lipinski definition) is 5. The van der Waals surface area contributed by atoms with Gasteiger partial charge in [-0.25, -0.2) is 0 Å². The van der Waals surface area contributed by atoms with Gasteiger partial charge in [0.05, 0.1) is 41.5 Å². The Balaban J connectivity index is 1.70. The molecule has 5 nitrogen and oxygen atoms in total. The maximum Gasteiger partial charge on any atom is 0.229 e. The molecule has 1 saturated heterocycles. The van der Waals surface area contributed by atoms with E-state index in [1.54, 1.807) is 23.1 Å². The van der Waals surface area contributed by atoms with Crippen molar-refractivity contribution in [2.45, 2.75) is 19.3 Å². The van der Waals surface area contributed by atoms with Gasteiger partial charge >= 0.3 is 0 Å². The van der Waals surface area contributed by atoms with Crippen molar-refractivity contribution in [3.05, 3.63) is 68.7 Å². The van der Waals surface area contributed by atoms with Crippen LogP contribution in [-0.2, 0) is 4.79 Å². The summed E-state index contributed by atoms with van der Waals surface area (Å²) in [7, 11) is 0. The van der Waals surface area contributed by atoms with Crippen LogP contribution in [0.1, 0.15) is 24.8 Å². The zero-order valence-corrected chi connectivity index (χ0v) is 18.6. The van der Waals surface area contributed by atoms with Crippen molar-refractivity contribution in [1.82, 2.24) is 4.90 Å². The average molecular weight is 460 g/mol. The number of anilines is 1. The van der Waals surface area contributed by atoms with Crippen LogP contribution >= 0.6 is 35.0 Å². The molecule has 0 bridgehead atoms. The molecule has 30 heavy (non-hydrogen) atoms. The normalized spacial score (nSPS) is 18.9. The summed E-state index contributed by atoms with van der Waals surface area (Å²) in [6, 6.07) is 15.3. The maximum absolute atomic E-state index is 13.1. The fourth-order valence-electron chi connectivity index (χ4n) is 3.80. The highest BCUT2D eigenvalue weighted by atomic mass is 35.5. The van der Waals surface area contributed by atoms with Gasteiger partial charge in [-0.2, -0.15) is 5.26 Å². The van der Waals surface area contributed by atoms with Crippen molar-refractivity contribution in [3.63, 3.8) is 0 Å². The minimum absolute atomic E-state index is 0.0592. The highest BCUT2D eigenvalue weighted by molar-refractivity contribution is 8.03. The SMILES string of the molecule is CCOc1ccccc1N1CSC2=C(C#N)[C@H](c3c(Cl)cccc3Cl)CC(=O)N2C1. The molecule has 0 unspecified atom stereocenters. The lowest BCUT2D eigenvalue weighted by Crippen LogP contribution is -2.47. The summed E-state index contributed by atoms with van der Waals surface area (Å²) in [4.78, 5) is 16.9. The number of carbonyl (C=O) groups is 1. The molecule has 0 aromatic heterocycles. The predicted molar refractivity (Wildman–Crippen MR) is 121 cm³/mol. The first kappa shape index (κ1) is 20.9. The van der Waals surface area contributed by atoms with E-state index in [0.717, 1.165) is 11.4 Å². The van der Waals surface area contributed by atoms with Crippen molar-refractivity contribution in [2.24, 2.45) is 0 Å². The van der Waals surface area contributed by atoms with Crippen molar-refractivity contribution >= 4 is 46.6 Å². The monoisotopic (exact) mass is 459 g/mol. The first-order chi connectivity index (χ1) is 14.5. The maximum atomic E-state index is 13.1. The molecule has 0 saturated carbocycles. The van der Waals surface area contributed by atoms with E-state index in [1.165, 1.54) is 11.8 Å². The lowest BCUT2D eigenvalue weighted by molar-refractivity contribution is -0.129. The summed E-state index contributed by atoms with van der Waals surface area (Å²) in [6.07, 6.45) is 0.150. The van der Waals surface area contributed by atoms with Crippen molar-refractivity contribution in [2.75, 3.05) is 24.1 Å². The van der Waals surface area contributed by atoms with Crippen molar-refractivity contribution in [1.29, 1.82) is 5.26 Å². The van der Waals surface area contributed by atoms with Gasteiger partial charge in [0.25, 0.3) is 0 Å². The number of nitrogens with zero attached hydrogens (tertiary/aromatic N) is 3. The van der Waals surface area contributed by atoms with Gasteiger partial charge < -0.3 is 9.64 Å². The van der Waals surface area contributed by atoms with E-state index in [0.29, 0.717) is 45.4 Å². The Kier molecular flexibility index (Phi) is 6.14. The number of para-hydroxylation sites is 2. The van der Waals surface area contributed by atoms with E-state index in [9.17, 15) is 10.1 Å². The van der Waals surface area contributed by atoms with Gasteiger partial charge in [-0.05, 0) is 36.8 Å². The molecule has 154 valence electrons. The quantitative estimate of drug-likeness (QED) is 0.594. The Labute approximate surface area is 189 Å². The molecule has 0 N–H and O–H groups in total. The number of ether oxygens (including phenoxy) is 1. The van der Waals surface area contributed by atoms with E-state index in [4.69, 9.17) is 27.9 Å². The second kappa shape index (κ2) is 8.81. The number of amides is 1. The van der Waals surface area contributed by atoms with Crippen LogP contribution in [0.2, 0.25) is 10.0 Å². The van der Waals surface area contributed by atoms with Gasteiger partial charge in [0.15, 0.2) is 0 Å². The minimum atomic E-state index is -0.440. The molecule has 2 heterocycles. The van der Waals surface area contributed by atoms with Gasteiger partial charge in [-0.15, -0.1) is 0 Å². The lowest BCUT2D eigenvalue weighted by atomic mass is 9.86. The van der Waals surface area contributed by atoms with Gasteiger partial charge in [-0.3, -0.25) is 9.69 Å². The smallest absolute Gasteiger partial charge is 0.229 e. The molecule has 2 aromatic carbocycles. The Morgan fingerprint density at radius 1 is 1.20 bits per heavy atom. The number of nitriles is 1. The average Bonchev–Trinajstić information content (AvgIpc) is 2.74. The molecular formula is C22H19Cl2N3O2S. The van der Waals surface area contributed by atoms with Gasteiger partial charge in [0, 0.05) is 22.4 Å². The second-order valence-corrected chi connectivity index (χ2v) is 8.65. The number of hydrogen-bond donors (Lipinski definition) is 0. The third-order valence-electron chi connectivity index (χ3n) is 5.15. The zero-order chi connectivity index (χ0) is 21.3. The number of fused-ring (bicyclic) bond motifs is 1. The van der Waals surface area contributed by atoms with Gasteiger partial charge in [0.1, 0.15) is 5.75 Å². The van der Waals surface area contributed by atoms with Crippen LogP contribution in [0.25, 0.3) is 0 Å². The fourth-order valence-corrected chi connectivity index (χ4v) is 5.62. The van der Waals surface area contributed by atoms with Crippen LogP contribution in [-0.4, -0.2) is 30.0 Å². The number of allylic oxidation sites excluding steroid dienone is 1. The molecule has 8 heteroatoms. The van der Waals surface area contributed by atoms with Crippen molar-refractivity contribution < 1.29 is 9.53 Å². The highest BCUT2D eigenvalue weighted by Gasteiger charge is 2.40. The standard InChI is InChI=1S/C22H19Cl2N3O2S/c1-2-29-19-9-4-3-8-18(19)26-12-27-20(28)10-14(15(11-25)22(27)30-13-26)21-16(23)6-5-7-17(21)24/h3-9,14H,2,10,12-13H2,1H3/t14-/m1/s1. The Morgan fingerprint density at radius 3 is 2.63 bits per heavy atom. The van der Waals surface area contributed by atoms with Gasteiger partial charge in [0.2, 0.25) is 5.91 Å². The third kappa shape index (κ3) is 3.74. The summed E-state index contributed by atoms with van der Waals surface area (Å²) < 4.78 is 5.75. The van der Waals surface area contributed by atoms with Crippen molar-refractivity contribution in [3.8, 4) is 11.8 Å². The molecule has 2 aliphatic heterocycles. The lowest BCUT2D eigenvalue weighted by Gasteiger charge is -2.42. The number of carbonyl (C=O) groups excluding carboxylic acids is 1. The Bertz CT molecular complexity index is 1050. The molecule has 1 amide bonds. The van der Waals surface area contributed by atoms with Crippen LogP contribution in [0.15, 0.2) is 53.1 Å². The summed E-state index contributed by atoms with van der Waals surface area (Å²) in [6.45, 7) is 2.86. The van der Waals surface area contributed by atoms with Gasteiger partial charge in [-0.1, -0.05) is 53.2 Å².